The van der Waals surface area contributed by atoms with E-state index >= 15 is 0 Å². The van der Waals surface area contributed by atoms with E-state index in [9.17, 15) is 4.79 Å². The van der Waals surface area contributed by atoms with Gasteiger partial charge in [0.2, 0.25) is 5.91 Å². The summed E-state index contributed by atoms with van der Waals surface area (Å²) in [6, 6.07) is 13.5. The Hall–Kier alpha value is -2.31. The van der Waals surface area contributed by atoms with Crippen LogP contribution in [0.4, 0.5) is 5.69 Å². The monoisotopic (exact) mass is 414 g/mol. The highest BCUT2D eigenvalue weighted by atomic mass is 35.5. The Morgan fingerprint density at radius 2 is 1.89 bits per heavy atom. The molecule has 0 saturated carbocycles. The molecule has 3 aromatic rings. The summed E-state index contributed by atoms with van der Waals surface area (Å²) in [7, 11) is 0. The number of thioether (sulfide) groups is 1. The fourth-order valence-corrected chi connectivity index (χ4v) is 3.83. The zero-order chi connectivity index (χ0) is 20.3. The van der Waals surface area contributed by atoms with Crippen LogP contribution in [-0.2, 0) is 11.3 Å². The number of carbonyl (C=O) groups is 1. The van der Waals surface area contributed by atoms with Crippen molar-refractivity contribution in [2.45, 2.75) is 44.6 Å². The maximum Gasteiger partial charge on any atom is 0.237 e. The number of hydrogen-bond donors (Lipinski definition) is 1. The van der Waals surface area contributed by atoms with Gasteiger partial charge in [0.1, 0.15) is 0 Å². The van der Waals surface area contributed by atoms with Gasteiger partial charge in [-0.2, -0.15) is 0 Å². The lowest BCUT2D eigenvalue weighted by atomic mass is 10.1. The third-order valence-corrected chi connectivity index (χ3v) is 5.77. The summed E-state index contributed by atoms with van der Waals surface area (Å²) < 4.78 is 2.01. The van der Waals surface area contributed by atoms with Gasteiger partial charge in [-0.3, -0.25) is 4.79 Å². The van der Waals surface area contributed by atoms with Crippen molar-refractivity contribution in [1.82, 2.24) is 14.8 Å². The van der Waals surface area contributed by atoms with E-state index < -0.39 is 0 Å². The quantitative estimate of drug-likeness (QED) is 0.552. The molecular formula is C21H23ClN4OS. The number of rotatable bonds is 6. The van der Waals surface area contributed by atoms with Crippen molar-refractivity contribution >= 4 is 35.0 Å². The Labute approximate surface area is 174 Å². The molecule has 0 radical (unpaired) electrons. The number of nitrogens with one attached hydrogen (secondary N) is 1. The van der Waals surface area contributed by atoms with Crippen molar-refractivity contribution in [3.05, 3.63) is 58.6 Å². The number of nitrogens with zero attached hydrogens (tertiary/aromatic N) is 3. The highest BCUT2D eigenvalue weighted by Crippen LogP contribution is 2.28. The molecule has 3 rings (SSSR count). The van der Waals surface area contributed by atoms with Crippen LogP contribution < -0.4 is 5.32 Å². The second kappa shape index (κ2) is 8.80. The molecule has 1 amide bonds. The van der Waals surface area contributed by atoms with Gasteiger partial charge in [-0.05, 0) is 69.2 Å². The standard InChI is InChI=1S/C21H23ClN4OS/c1-5-26-19(16-8-10-17(22)11-9-16)24-25-21(26)28-15(4)20(27)23-18-12-13(2)6-7-14(18)3/h6-12,15H,5H2,1-4H3,(H,23,27)/t15-/m0/s1. The maximum absolute atomic E-state index is 12.7. The third-order valence-electron chi connectivity index (χ3n) is 4.44. The van der Waals surface area contributed by atoms with E-state index in [0.717, 1.165) is 33.4 Å². The van der Waals surface area contributed by atoms with E-state index in [2.05, 4.69) is 15.5 Å². The predicted octanol–water partition coefficient (Wildman–Crippen LogP) is 5.35. The molecule has 0 bridgehead atoms. The zero-order valence-corrected chi connectivity index (χ0v) is 17.9. The van der Waals surface area contributed by atoms with Crippen LogP contribution in [0.5, 0.6) is 0 Å². The first-order valence-electron chi connectivity index (χ1n) is 9.13. The minimum Gasteiger partial charge on any atom is -0.325 e. The van der Waals surface area contributed by atoms with Crippen LogP contribution in [-0.4, -0.2) is 25.9 Å². The van der Waals surface area contributed by atoms with E-state index in [4.69, 9.17) is 11.6 Å². The summed E-state index contributed by atoms with van der Waals surface area (Å²) in [5, 5.41) is 12.7. The summed E-state index contributed by atoms with van der Waals surface area (Å²) >= 11 is 7.38. The smallest absolute Gasteiger partial charge is 0.237 e. The number of anilines is 1. The summed E-state index contributed by atoms with van der Waals surface area (Å²) in [5.41, 5.74) is 3.94. The Balaban J connectivity index is 1.76. The summed E-state index contributed by atoms with van der Waals surface area (Å²) in [6.07, 6.45) is 0. The molecule has 0 unspecified atom stereocenters. The number of halogens is 1. The fraction of sp³-hybridized carbons (Fsp3) is 0.286. The molecule has 1 aromatic heterocycles. The van der Waals surface area contributed by atoms with Crippen molar-refractivity contribution in [2.24, 2.45) is 0 Å². The summed E-state index contributed by atoms with van der Waals surface area (Å²) in [4.78, 5) is 12.7. The molecule has 0 saturated heterocycles. The number of hydrogen-bond acceptors (Lipinski definition) is 4. The lowest BCUT2D eigenvalue weighted by Gasteiger charge is -2.14. The summed E-state index contributed by atoms with van der Waals surface area (Å²) in [5.74, 6) is 0.709. The van der Waals surface area contributed by atoms with E-state index in [1.165, 1.54) is 11.8 Å². The molecule has 2 aromatic carbocycles. The van der Waals surface area contributed by atoms with Crippen molar-refractivity contribution in [3.8, 4) is 11.4 Å². The maximum atomic E-state index is 12.7. The minimum absolute atomic E-state index is 0.0580. The first-order valence-corrected chi connectivity index (χ1v) is 10.4. The molecule has 5 nitrogen and oxygen atoms in total. The molecule has 0 spiro atoms. The first-order chi connectivity index (χ1) is 13.4. The first kappa shape index (κ1) is 20.4. The molecule has 7 heteroatoms. The normalized spacial score (nSPS) is 12.0. The van der Waals surface area contributed by atoms with Gasteiger partial charge in [-0.1, -0.05) is 35.5 Å². The van der Waals surface area contributed by atoms with E-state index in [-0.39, 0.29) is 11.2 Å². The van der Waals surface area contributed by atoms with Crippen LogP contribution in [0.15, 0.2) is 47.6 Å². The fourth-order valence-electron chi connectivity index (χ4n) is 2.79. The van der Waals surface area contributed by atoms with Gasteiger partial charge in [0.25, 0.3) is 0 Å². The minimum atomic E-state index is -0.313. The van der Waals surface area contributed by atoms with Gasteiger partial charge in [0, 0.05) is 22.8 Å². The Morgan fingerprint density at radius 3 is 2.57 bits per heavy atom. The molecule has 1 atom stereocenters. The van der Waals surface area contributed by atoms with E-state index in [0.29, 0.717) is 11.6 Å². The average molecular weight is 415 g/mol. The van der Waals surface area contributed by atoms with Crippen molar-refractivity contribution in [3.63, 3.8) is 0 Å². The SMILES string of the molecule is CCn1c(S[C@@H](C)C(=O)Nc2cc(C)ccc2C)nnc1-c1ccc(Cl)cc1. The molecule has 0 aliphatic carbocycles. The Morgan fingerprint density at radius 1 is 1.18 bits per heavy atom. The molecule has 28 heavy (non-hydrogen) atoms. The highest BCUT2D eigenvalue weighted by Gasteiger charge is 2.21. The van der Waals surface area contributed by atoms with Crippen LogP contribution >= 0.6 is 23.4 Å². The van der Waals surface area contributed by atoms with Crippen molar-refractivity contribution in [1.29, 1.82) is 0 Å². The second-order valence-electron chi connectivity index (χ2n) is 6.63. The van der Waals surface area contributed by atoms with E-state index in [1.54, 1.807) is 0 Å². The van der Waals surface area contributed by atoms with Gasteiger partial charge in [0.05, 0.1) is 5.25 Å². The Kier molecular flexibility index (Phi) is 6.42. The van der Waals surface area contributed by atoms with Crippen molar-refractivity contribution in [2.75, 3.05) is 5.32 Å². The zero-order valence-electron chi connectivity index (χ0n) is 16.4. The second-order valence-corrected chi connectivity index (χ2v) is 8.37. The van der Waals surface area contributed by atoms with Gasteiger partial charge in [-0.25, -0.2) is 0 Å². The molecule has 146 valence electrons. The van der Waals surface area contributed by atoms with Crippen LogP contribution in [0.1, 0.15) is 25.0 Å². The number of benzene rings is 2. The molecule has 1 heterocycles. The largest absolute Gasteiger partial charge is 0.325 e. The lowest BCUT2D eigenvalue weighted by molar-refractivity contribution is -0.115. The van der Waals surface area contributed by atoms with Gasteiger partial charge in [-0.15, -0.1) is 10.2 Å². The van der Waals surface area contributed by atoms with E-state index in [1.807, 2.05) is 74.7 Å². The topological polar surface area (TPSA) is 59.8 Å². The molecule has 0 aliphatic rings. The highest BCUT2D eigenvalue weighted by molar-refractivity contribution is 8.00. The van der Waals surface area contributed by atoms with Gasteiger partial charge >= 0.3 is 0 Å². The summed E-state index contributed by atoms with van der Waals surface area (Å²) in [6.45, 7) is 8.61. The molecule has 0 fully saturated rings. The number of aryl methyl sites for hydroxylation is 2. The average Bonchev–Trinajstić information content (AvgIpc) is 3.07. The number of carbonyl (C=O) groups excluding carboxylic acids is 1. The van der Waals surface area contributed by atoms with Gasteiger partial charge < -0.3 is 9.88 Å². The molecule has 1 N–H and O–H groups in total. The molecule has 0 aliphatic heterocycles. The van der Waals surface area contributed by atoms with Crippen LogP contribution in [0.25, 0.3) is 11.4 Å². The molecular weight excluding hydrogens is 392 g/mol. The third kappa shape index (κ3) is 4.56. The predicted molar refractivity (Wildman–Crippen MR) is 116 cm³/mol. The number of aromatic nitrogens is 3. The van der Waals surface area contributed by atoms with Crippen LogP contribution in [0.3, 0.4) is 0 Å². The van der Waals surface area contributed by atoms with Gasteiger partial charge in [0.15, 0.2) is 11.0 Å². The van der Waals surface area contributed by atoms with Crippen molar-refractivity contribution < 1.29 is 4.79 Å². The van der Waals surface area contributed by atoms with Crippen LogP contribution in [0.2, 0.25) is 5.02 Å². The lowest BCUT2D eigenvalue weighted by Crippen LogP contribution is -2.23. The Bertz CT molecular complexity index is 985. The van der Waals surface area contributed by atoms with Crippen LogP contribution in [0, 0.1) is 13.8 Å². The number of amides is 1.